The summed E-state index contributed by atoms with van der Waals surface area (Å²) in [6.07, 6.45) is 13.7. The van der Waals surface area contributed by atoms with Crippen LogP contribution in [0.3, 0.4) is 0 Å². The fourth-order valence-electron chi connectivity index (χ4n) is 3.80. The molecule has 20 heavy (non-hydrogen) atoms. The van der Waals surface area contributed by atoms with Crippen molar-refractivity contribution >= 4 is 5.69 Å². The van der Waals surface area contributed by atoms with Gasteiger partial charge in [-0.3, -0.25) is 0 Å². The van der Waals surface area contributed by atoms with Gasteiger partial charge < -0.3 is 10.2 Å². The fraction of sp³-hybridized carbons (Fsp3) is 0.750. The monoisotopic (exact) mass is 274 g/mol. The zero-order chi connectivity index (χ0) is 13.8. The molecular weight excluding hydrogens is 248 g/mol. The summed E-state index contributed by atoms with van der Waals surface area (Å²) in [5.41, 5.74) is 1.18. The first-order valence-electron chi connectivity index (χ1n) is 8.13. The van der Waals surface area contributed by atoms with Crippen LogP contribution in [-0.2, 0) is 0 Å². The molecule has 1 saturated carbocycles. The predicted octanol–water partition coefficient (Wildman–Crippen LogP) is 2.61. The van der Waals surface area contributed by atoms with Crippen molar-refractivity contribution in [3.05, 3.63) is 18.7 Å². The molecule has 0 amide bonds. The van der Waals surface area contributed by atoms with E-state index in [1.54, 1.807) is 6.33 Å². The maximum Gasteiger partial charge on any atom is 0.115 e. The van der Waals surface area contributed by atoms with E-state index < -0.39 is 0 Å². The van der Waals surface area contributed by atoms with Crippen molar-refractivity contribution in [3.63, 3.8) is 0 Å². The standard InChI is InChI=1S/C16H26N4/c1-2-14-10-19-16(13-6-4-3-5-7-13)11-20(14)15-8-17-12-18-9-15/h8-9,12-14,16,19H,2-7,10-11H2,1H3. The summed E-state index contributed by atoms with van der Waals surface area (Å²) in [7, 11) is 0. The molecule has 0 spiro atoms. The van der Waals surface area contributed by atoms with E-state index in [0.29, 0.717) is 12.1 Å². The average Bonchev–Trinajstić information content (AvgIpc) is 2.56. The lowest BCUT2D eigenvalue weighted by Gasteiger charge is -2.44. The highest BCUT2D eigenvalue weighted by molar-refractivity contribution is 5.44. The Morgan fingerprint density at radius 3 is 2.65 bits per heavy atom. The molecule has 1 saturated heterocycles. The highest BCUT2D eigenvalue weighted by Crippen LogP contribution is 2.30. The van der Waals surface area contributed by atoms with Crippen LogP contribution in [0, 0.1) is 5.92 Å². The SMILES string of the molecule is CCC1CNC(C2CCCCC2)CN1c1cncnc1. The molecule has 1 aliphatic carbocycles. The number of anilines is 1. The molecule has 110 valence electrons. The van der Waals surface area contributed by atoms with E-state index in [1.165, 1.54) is 44.2 Å². The molecule has 1 N–H and O–H groups in total. The summed E-state index contributed by atoms with van der Waals surface area (Å²) in [5.74, 6) is 0.855. The van der Waals surface area contributed by atoms with Crippen LogP contribution < -0.4 is 10.2 Å². The van der Waals surface area contributed by atoms with Crippen LogP contribution in [0.15, 0.2) is 18.7 Å². The fourth-order valence-corrected chi connectivity index (χ4v) is 3.80. The van der Waals surface area contributed by atoms with Gasteiger partial charge in [0.25, 0.3) is 0 Å². The molecule has 2 unspecified atom stereocenters. The molecule has 1 aliphatic heterocycles. The summed E-state index contributed by atoms with van der Waals surface area (Å²) in [4.78, 5) is 10.9. The Hall–Kier alpha value is -1.16. The lowest BCUT2D eigenvalue weighted by atomic mass is 9.82. The van der Waals surface area contributed by atoms with Gasteiger partial charge in [0.1, 0.15) is 6.33 Å². The van der Waals surface area contributed by atoms with E-state index in [9.17, 15) is 0 Å². The van der Waals surface area contributed by atoms with Crippen LogP contribution in [-0.4, -0.2) is 35.1 Å². The molecule has 1 aromatic rings. The summed E-state index contributed by atoms with van der Waals surface area (Å²) in [6.45, 7) is 4.47. The Bertz CT molecular complexity index is 402. The Kier molecular flexibility index (Phi) is 4.51. The van der Waals surface area contributed by atoms with Crippen molar-refractivity contribution in [1.29, 1.82) is 0 Å². The minimum atomic E-state index is 0.570. The normalized spacial score (nSPS) is 28.6. The van der Waals surface area contributed by atoms with E-state index in [0.717, 1.165) is 19.0 Å². The van der Waals surface area contributed by atoms with Crippen LogP contribution in [0.5, 0.6) is 0 Å². The van der Waals surface area contributed by atoms with E-state index in [4.69, 9.17) is 0 Å². The van der Waals surface area contributed by atoms with Crippen molar-refractivity contribution in [3.8, 4) is 0 Å². The molecule has 3 rings (SSSR count). The van der Waals surface area contributed by atoms with Crippen molar-refractivity contribution in [2.24, 2.45) is 5.92 Å². The number of rotatable bonds is 3. The first-order chi connectivity index (χ1) is 9.88. The molecule has 4 heteroatoms. The zero-order valence-electron chi connectivity index (χ0n) is 12.5. The summed E-state index contributed by atoms with van der Waals surface area (Å²) < 4.78 is 0. The number of piperazine rings is 1. The number of aromatic nitrogens is 2. The molecule has 0 aromatic carbocycles. The van der Waals surface area contributed by atoms with Crippen LogP contribution in [0.25, 0.3) is 0 Å². The Labute approximate surface area is 122 Å². The van der Waals surface area contributed by atoms with Crippen molar-refractivity contribution in [2.75, 3.05) is 18.0 Å². The predicted molar refractivity (Wildman–Crippen MR) is 81.8 cm³/mol. The van der Waals surface area contributed by atoms with E-state index >= 15 is 0 Å². The lowest BCUT2D eigenvalue weighted by molar-refractivity contribution is 0.240. The molecule has 0 bridgehead atoms. The Morgan fingerprint density at radius 1 is 1.20 bits per heavy atom. The van der Waals surface area contributed by atoms with E-state index in [-0.39, 0.29) is 0 Å². The number of nitrogens with zero attached hydrogens (tertiary/aromatic N) is 3. The van der Waals surface area contributed by atoms with Gasteiger partial charge in [-0.05, 0) is 25.2 Å². The van der Waals surface area contributed by atoms with Crippen molar-refractivity contribution < 1.29 is 0 Å². The van der Waals surface area contributed by atoms with Gasteiger partial charge in [0.15, 0.2) is 0 Å². The average molecular weight is 274 g/mol. The first-order valence-corrected chi connectivity index (χ1v) is 8.13. The molecule has 4 nitrogen and oxygen atoms in total. The minimum absolute atomic E-state index is 0.570. The van der Waals surface area contributed by atoms with Crippen LogP contribution in [0.4, 0.5) is 5.69 Å². The molecule has 1 aromatic heterocycles. The van der Waals surface area contributed by atoms with Crippen LogP contribution >= 0.6 is 0 Å². The van der Waals surface area contributed by atoms with Gasteiger partial charge in [0.05, 0.1) is 18.1 Å². The van der Waals surface area contributed by atoms with Gasteiger partial charge in [-0.2, -0.15) is 0 Å². The molecule has 2 aliphatic rings. The second kappa shape index (κ2) is 6.53. The first kappa shape index (κ1) is 13.8. The third kappa shape index (κ3) is 2.95. The maximum atomic E-state index is 4.19. The van der Waals surface area contributed by atoms with Gasteiger partial charge in [-0.25, -0.2) is 9.97 Å². The second-order valence-corrected chi connectivity index (χ2v) is 6.22. The quantitative estimate of drug-likeness (QED) is 0.920. The summed E-state index contributed by atoms with van der Waals surface area (Å²) >= 11 is 0. The number of hydrogen-bond acceptors (Lipinski definition) is 4. The molecule has 2 atom stereocenters. The van der Waals surface area contributed by atoms with Crippen molar-refractivity contribution in [1.82, 2.24) is 15.3 Å². The van der Waals surface area contributed by atoms with Crippen LogP contribution in [0.1, 0.15) is 45.4 Å². The van der Waals surface area contributed by atoms with Gasteiger partial charge in [-0.1, -0.05) is 26.2 Å². The van der Waals surface area contributed by atoms with Gasteiger partial charge in [0.2, 0.25) is 0 Å². The number of nitrogens with one attached hydrogen (secondary N) is 1. The van der Waals surface area contributed by atoms with Crippen LogP contribution in [0.2, 0.25) is 0 Å². The molecule has 0 radical (unpaired) electrons. The summed E-state index contributed by atoms with van der Waals surface area (Å²) in [5, 5.41) is 3.81. The Morgan fingerprint density at radius 2 is 1.95 bits per heavy atom. The second-order valence-electron chi connectivity index (χ2n) is 6.22. The topological polar surface area (TPSA) is 41.0 Å². The third-order valence-electron chi connectivity index (χ3n) is 5.02. The highest BCUT2D eigenvalue weighted by Gasteiger charge is 2.32. The highest BCUT2D eigenvalue weighted by atomic mass is 15.2. The molecular formula is C16H26N4. The van der Waals surface area contributed by atoms with Gasteiger partial charge in [0, 0.05) is 25.2 Å². The number of hydrogen-bond donors (Lipinski definition) is 1. The van der Waals surface area contributed by atoms with E-state index in [2.05, 4.69) is 27.1 Å². The molecule has 2 heterocycles. The molecule has 2 fully saturated rings. The smallest absolute Gasteiger partial charge is 0.115 e. The summed E-state index contributed by atoms with van der Waals surface area (Å²) in [6, 6.07) is 1.21. The van der Waals surface area contributed by atoms with Crippen molar-refractivity contribution in [2.45, 2.75) is 57.5 Å². The van der Waals surface area contributed by atoms with Gasteiger partial charge in [-0.15, -0.1) is 0 Å². The minimum Gasteiger partial charge on any atom is -0.363 e. The van der Waals surface area contributed by atoms with E-state index in [1.807, 2.05) is 12.4 Å². The largest absolute Gasteiger partial charge is 0.363 e. The van der Waals surface area contributed by atoms with Gasteiger partial charge >= 0.3 is 0 Å². The lowest BCUT2D eigenvalue weighted by Crippen LogP contribution is -2.59. The zero-order valence-corrected chi connectivity index (χ0v) is 12.5. The third-order valence-corrected chi connectivity index (χ3v) is 5.02. The Balaban J connectivity index is 1.72. The maximum absolute atomic E-state index is 4.19.